The predicted octanol–water partition coefficient (Wildman–Crippen LogP) is 3.98. The highest BCUT2D eigenvalue weighted by Gasteiger charge is 2.42. The van der Waals surface area contributed by atoms with Crippen LogP contribution in [0.5, 0.6) is 0 Å². The Hall–Kier alpha value is -0.150. The predicted molar refractivity (Wildman–Crippen MR) is 76.1 cm³/mol. The topological polar surface area (TPSA) is 17.1 Å². The van der Waals surface area contributed by atoms with Crippen LogP contribution in [0.25, 0.3) is 0 Å². The van der Waals surface area contributed by atoms with Gasteiger partial charge in [-0.3, -0.25) is 4.79 Å². The number of benzene rings is 1. The lowest BCUT2D eigenvalue weighted by Gasteiger charge is -2.39. The molecule has 3 rings (SSSR count). The van der Waals surface area contributed by atoms with E-state index < -0.39 is 0 Å². The van der Waals surface area contributed by atoms with Gasteiger partial charge in [0.15, 0.2) is 5.78 Å². The molecular formula is C14H14Br2O. The van der Waals surface area contributed by atoms with Crippen molar-refractivity contribution in [2.45, 2.75) is 28.9 Å². The first kappa shape index (κ1) is 11.9. The van der Waals surface area contributed by atoms with Crippen LogP contribution in [-0.4, -0.2) is 15.4 Å². The zero-order valence-corrected chi connectivity index (χ0v) is 12.6. The normalized spacial score (nSPS) is 36.2. The number of fused-ring (bicyclic) bond motifs is 2. The Balaban J connectivity index is 1.97. The summed E-state index contributed by atoms with van der Waals surface area (Å²) in [5, 5.41) is 0. The Morgan fingerprint density at radius 1 is 1.06 bits per heavy atom. The molecule has 90 valence electrons. The van der Waals surface area contributed by atoms with Crippen molar-refractivity contribution in [3.63, 3.8) is 0 Å². The van der Waals surface area contributed by atoms with Crippen LogP contribution in [0, 0.1) is 11.8 Å². The summed E-state index contributed by atoms with van der Waals surface area (Å²) in [7, 11) is 0. The highest BCUT2D eigenvalue weighted by Crippen LogP contribution is 2.43. The second-order valence-electron chi connectivity index (χ2n) is 5.10. The highest BCUT2D eigenvalue weighted by molar-refractivity contribution is 9.12. The van der Waals surface area contributed by atoms with E-state index >= 15 is 0 Å². The third kappa shape index (κ3) is 2.01. The quantitative estimate of drug-likeness (QED) is 0.642. The summed E-state index contributed by atoms with van der Waals surface area (Å²) >= 11 is 7.40. The van der Waals surface area contributed by atoms with E-state index in [1.54, 1.807) is 0 Å². The Labute approximate surface area is 118 Å². The highest BCUT2D eigenvalue weighted by atomic mass is 79.9. The molecule has 1 fully saturated rings. The van der Waals surface area contributed by atoms with Crippen LogP contribution in [0.2, 0.25) is 0 Å². The molecule has 1 aromatic rings. The van der Waals surface area contributed by atoms with Gasteiger partial charge in [-0.2, -0.15) is 0 Å². The molecule has 0 aliphatic heterocycles. The van der Waals surface area contributed by atoms with Gasteiger partial charge in [0.1, 0.15) is 0 Å². The lowest BCUT2D eigenvalue weighted by Crippen LogP contribution is -2.41. The summed E-state index contributed by atoms with van der Waals surface area (Å²) in [5.74, 6) is 1.11. The van der Waals surface area contributed by atoms with Gasteiger partial charge in [0.2, 0.25) is 0 Å². The molecule has 4 atom stereocenters. The first-order valence-electron chi connectivity index (χ1n) is 6.07. The lowest BCUT2D eigenvalue weighted by atomic mass is 9.68. The van der Waals surface area contributed by atoms with Crippen molar-refractivity contribution in [2.24, 2.45) is 11.8 Å². The molecular weight excluding hydrogens is 344 g/mol. The second-order valence-corrected chi connectivity index (χ2v) is 7.45. The Bertz CT molecular complexity index is 457. The lowest BCUT2D eigenvalue weighted by molar-refractivity contribution is 0.0810. The molecule has 0 saturated heterocycles. The van der Waals surface area contributed by atoms with Gasteiger partial charge >= 0.3 is 0 Å². The number of alkyl halides is 2. The zero-order chi connectivity index (χ0) is 12.0. The van der Waals surface area contributed by atoms with Gasteiger partial charge in [-0.1, -0.05) is 56.1 Å². The molecule has 1 saturated carbocycles. The third-order valence-electron chi connectivity index (χ3n) is 4.07. The van der Waals surface area contributed by atoms with Crippen LogP contribution in [0.4, 0.5) is 0 Å². The molecule has 0 N–H and O–H groups in total. The van der Waals surface area contributed by atoms with E-state index in [2.05, 4.69) is 37.9 Å². The summed E-state index contributed by atoms with van der Waals surface area (Å²) in [6, 6.07) is 8.09. The maximum atomic E-state index is 12.5. The smallest absolute Gasteiger partial charge is 0.166 e. The summed E-state index contributed by atoms with van der Waals surface area (Å²) in [6.07, 6.45) is 3.13. The average molecular weight is 358 g/mol. The number of halogens is 2. The first-order valence-corrected chi connectivity index (χ1v) is 7.90. The average Bonchev–Trinajstić information content (AvgIpc) is 2.32. The molecule has 0 amide bonds. The summed E-state index contributed by atoms with van der Waals surface area (Å²) in [6.45, 7) is 0. The van der Waals surface area contributed by atoms with Gasteiger partial charge in [0, 0.05) is 21.1 Å². The van der Waals surface area contributed by atoms with Crippen molar-refractivity contribution in [3.05, 3.63) is 35.4 Å². The van der Waals surface area contributed by atoms with Crippen LogP contribution < -0.4 is 0 Å². The maximum absolute atomic E-state index is 12.5. The number of carbonyl (C=O) groups excluding carboxylic acids is 1. The Morgan fingerprint density at radius 2 is 1.76 bits per heavy atom. The van der Waals surface area contributed by atoms with E-state index in [1.165, 1.54) is 5.56 Å². The minimum atomic E-state index is 0.225. The standard InChI is InChI=1S/C14H14Br2O/c15-12-6-9-5-8-3-1-2-4-10(8)14(17)11(9)7-13(12)16/h1-4,9,11-13H,5-7H2/t9-,11+,12-,13-/m1/s1. The summed E-state index contributed by atoms with van der Waals surface area (Å²) in [4.78, 5) is 13.4. The van der Waals surface area contributed by atoms with Gasteiger partial charge in [-0.25, -0.2) is 0 Å². The van der Waals surface area contributed by atoms with Crippen LogP contribution in [0.15, 0.2) is 24.3 Å². The van der Waals surface area contributed by atoms with Gasteiger partial charge in [-0.15, -0.1) is 0 Å². The molecule has 3 heteroatoms. The van der Waals surface area contributed by atoms with Crippen LogP contribution in [0.3, 0.4) is 0 Å². The first-order chi connectivity index (χ1) is 8.16. The SMILES string of the molecule is O=C1c2ccccc2C[C@@H]2C[C@@H](Br)[C@H](Br)C[C@H]12. The van der Waals surface area contributed by atoms with E-state index in [9.17, 15) is 4.79 Å². The van der Waals surface area contributed by atoms with Gasteiger partial charge in [-0.05, 0) is 30.7 Å². The van der Waals surface area contributed by atoms with Crippen molar-refractivity contribution in [1.29, 1.82) is 0 Å². The number of ketones is 1. The molecule has 1 aromatic carbocycles. The molecule has 2 aliphatic carbocycles. The molecule has 0 unspecified atom stereocenters. The fraction of sp³-hybridized carbons (Fsp3) is 0.500. The summed E-state index contributed by atoms with van der Waals surface area (Å²) < 4.78 is 0. The van der Waals surface area contributed by atoms with Crippen molar-refractivity contribution in [3.8, 4) is 0 Å². The number of hydrogen-bond donors (Lipinski definition) is 0. The monoisotopic (exact) mass is 356 g/mol. The van der Waals surface area contributed by atoms with Crippen LogP contribution in [0.1, 0.15) is 28.8 Å². The largest absolute Gasteiger partial charge is 0.294 e. The minimum absolute atomic E-state index is 0.225. The zero-order valence-electron chi connectivity index (χ0n) is 9.40. The van der Waals surface area contributed by atoms with Crippen LogP contribution >= 0.6 is 31.9 Å². The van der Waals surface area contributed by atoms with Crippen LogP contribution in [-0.2, 0) is 6.42 Å². The second kappa shape index (κ2) is 4.51. The van der Waals surface area contributed by atoms with Crippen molar-refractivity contribution >= 4 is 37.6 Å². The minimum Gasteiger partial charge on any atom is -0.294 e. The van der Waals surface area contributed by atoms with E-state index in [4.69, 9.17) is 0 Å². The molecule has 2 aliphatic rings. The van der Waals surface area contributed by atoms with Gasteiger partial charge < -0.3 is 0 Å². The summed E-state index contributed by atoms with van der Waals surface area (Å²) in [5.41, 5.74) is 2.20. The van der Waals surface area contributed by atoms with E-state index in [-0.39, 0.29) is 5.92 Å². The number of hydrogen-bond acceptors (Lipinski definition) is 1. The van der Waals surface area contributed by atoms with E-state index in [1.807, 2.05) is 18.2 Å². The molecule has 0 radical (unpaired) electrons. The van der Waals surface area contributed by atoms with Crippen molar-refractivity contribution in [1.82, 2.24) is 0 Å². The number of carbonyl (C=O) groups is 1. The molecule has 17 heavy (non-hydrogen) atoms. The van der Waals surface area contributed by atoms with Gasteiger partial charge in [0.25, 0.3) is 0 Å². The molecule has 1 nitrogen and oxygen atoms in total. The van der Waals surface area contributed by atoms with Crippen molar-refractivity contribution in [2.75, 3.05) is 0 Å². The Morgan fingerprint density at radius 3 is 2.59 bits per heavy atom. The van der Waals surface area contributed by atoms with E-state index in [0.29, 0.717) is 21.4 Å². The van der Waals surface area contributed by atoms with Gasteiger partial charge in [0.05, 0.1) is 0 Å². The Kier molecular flexibility index (Phi) is 3.16. The number of Topliss-reactive ketones (excluding diaryl/α,β-unsaturated/α-hetero) is 1. The fourth-order valence-corrected chi connectivity index (χ4v) is 4.47. The molecule has 0 heterocycles. The molecule has 0 aromatic heterocycles. The molecule has 0 spiro atoms. The maximum Gasteiger partial charge on any atom is 0.166 e. The number of rotatable bonds is 0. The third-order valence-corrected chi connectivity index (χ3v) is 6.80. The molecule has 0 bridgehead atoms. The van der Waals surface area contributed by atoms with Crippen molar-refractivity contribution < 1.29 is 4.79 Å². The fourth-order valence-electron chi connectivity index (χ4n) is 3.15. The van der Waals surface area contributed by atoms with E-state index in [0.717, 1.165) is 24.8 Å².